The van der Waals surface area contributed by atoms with Gasteiger partial charge in [-0.25, -0.2) is 13.4 Å². The molecule has 0 aliphatic rings. The SMILES string of the molecule is CCN(Cc1ccccc1)S(=O)(=O)c1c(C)cc(Cl)nc1Cl. The van der Waals surface area contributed by atoms with Crippen LogP contribution >= 0.6 is 23.2 Å². The van der Waals surface area contributed by atoms with Gasteiger partial charge in [-0.15, -0.1) is 0 Å². The fraction of sp³-hybridized carbons (Fsp3) is 0.267. The Morgan fingerprint density at radius 1 is 1.18 bits per heavy atom. The van der Waals surface area contributed by atoms with Crippen molar-refractivity contribution in [3.63, 3.8) is 0 Å². The van der Waals surface area contributed by atoms with Gasteiger partial charge in [-0.1, -0.05) is 60.5 Å². The second kappa shape index (κ2) is 6.96. The van der Waals surface area contributed by atoms with Crippen LogP contribution in [0.15, 0.2) is 41.3 Å². The molecule has 0 saturated carbocycles. The Labute approximate surface area is 140 Å². The predicted octanol–water partition coefficient (Wildman–Crippen LogP) is 3.91. The number of hydrogen-bond donors (Lipinski definition) is 0. The lowest BCUT2D eigenvalue weighted by Crippen LogP contribution is -2.31. The van der Waals surface area contributed by atoms with E-state index in [0.29, 0.717) is 12.1 Å². The highest BCUT2D eigenvalue weighted by Crippen LogP contribution is 2.29. The molecule has 1 aromatic carbocycles. The molecular formula is C15H16Cl2N2O2S. The van der Waals surface area contributed by atoms with Gasteiger partial charge in [-0.3, -0.25) is 0 Å². The van der Waals surface area contributed by atoms with E-state index < -0.39 is 10.0 Å². The topological polar surface area (TPSA) is 50.3 Å². The maximum absolute atomic E-state index is 12.9. The first kappa shape index (κ1) is 17.2. The quantitative estimate of drug-likeness (QED) is 0.761. The normalized spacial score (nSPS) is 11.9. The fourth-order valence-corrected chi connectivity index (χ4v) is 4.64. The Hall–Kier alpha value is -1.14. The molecule has 0 aliphatic carbocycles. The van der Waals surface area contributed by atoms with Gasteiger partial charge in [-0.2, -0.15) is 4.31 Å². The first-order valence-corrected chi connectivity index (χ1v) is 8.92. The molecule has 22 heavy (non-hydrogen) atoms. The lowest BCUT2D eigenvalue weighted by atomic mass is 10.2. The summed E-state index contributed by atoms with van der Waals surface area (Å²) in [5.41, 5.74) is 1.39. The lowest BCUT2D eigenvalue weighted by molar-refractivity contribution is 0.423. The van der Waals surface area contributed by atoms with Crippen LogP contribution < -0.4 is 0 Å². The van der Waals surface area contributed by atoms with Gasteiger partial charge in [0.1, 0.15) is 10.0 Å². The smallest absolute Gasteiger partial charge is 0.223 e. The summed E-state index contributed by atoms with van der Waals surface area (Å²) >= 11 is 11.8. The fourth-order valence-electron chi connectivity index (χ4n) is 2.18. The van der Waals surface area contributed by atoms with Gasteiger partial charge < -0.3 is 0 Å². The third-order valence-electron chi connectivity index (χ3n) is 3.24. The van der Waals surface area contributed by atoms with E-state index in [-0.39, 0.29) is 21.7 Å². The molecular weight excluding hydrogens is 343 g/mol. The number of nitrogens with zero attached hydrogens (tertiary/aromatic N) is 2. The second-order valence-corrected chi connectivity index (χ2v) is 7.42. The van der Waals surface area contributed by atoms with Crippen LogP contribution in [0.3, 0.4) is 0 Å². The van der Waals surface area contributed by atoms with Gasteiger partial charge in [0, 0.05) is 13.1 Å². The molecule has 118 valence electrons. The number of benzene rings is 1. The molecule has 1 aromatic heterocycles. The van der Waals surface area contributed by atoms with E-state index in [0.717, 1.165) is 5.56 Å². The summed E-state index contributed by atoms with van der Waals surface area (Å²) in [6.45, 7) is 4.05. The molecule has 1 heterocycles. The van der Waals surface area contributed by atoms with Crippen molar-refractivity contribution in [1.29, 1.82) is 0 Å². The summed E-state index contributed by atoms with van der Waals surface area (Å²) in [7, 11) is -3.75. The van der Waals surface area contributed by atoms with Crippen molar-refractivity contribution >= 4 is 33.2 Å². The third kappa shape index (κ3) is 3.60. The van der Waals surface area contributed by atoms with Crippen molar-refractivity contribution < 1.29 is 8.42 Å². The van der Waals surface area contributed by atoms with Crippen LogP contribution in [0.4, 0.5) is 0 Å². The lowest BCUT2D eigenvalue weighted by Gasteiger charge is -2.22. The number of aromatic nitrogens is 1. The number of halogens is 2. The summed E-state index contributed by atoms with van der Waals surface area (Å²) in [5, 5.41) is 0.0732. The molecule has 2 aromatic rings. The molecule has 0 saturated heterocycles. The van der Waals surface area contributed by atoms with Crippen molar-refractivity contribution in [2.75, 3.05) is 6.54 Å². The average molecular weight is 359 g/mol. The summed E-state index contributed by atoms with van der Waals surface area (Å²) < 4.78 is 27.1. The molecule has 0 radical (unpaired) electrons. The standard InChI is InChI=1S/C15H16Cl2N2O2S/c1-3-19(10-12-7-5-4-6-8-12)22(20,21)14-11(2)9-13(16)18-15(14)17/h4-9H,3,10H2,1-2H3. The van der Waals surface area contributed by atoms with E-state index >= 15 is 0 Å². The summed E-state index contributed by atoms with van der Waals surface area (Å²) in [6, 6.07) is 10.9. The van der Waals surface area contributed by atoms with E-state index in [1.54, 1.807) is 13.8 Å². The Kier molecular flexibility index (Phi) is 5.45. The second-order valence-electron chi connectivity index (χ2n) is 4.80. The Balaban J connectivity index is 2.44. The van der Waals surface area contributed by atoms with Gasteiger partial charge >= 0.3 is 0 Å². The molecule has 0 aliphatic heterocycles. The van der Waals surface area contributed by atoms with E-state index in [4.69, 9.17) is 23.2 Å². The average Bonchev–Trinajstić information content (AvgIpc) is 2.44. The number of aryl methyl sites for hydroxylation is 1. The Morgan fingerprint density at radius 2 is 1.82 bits per heavy atom. The van der Waals surface area contributed by atoms with Crippen LogP contribution in [-0.4, -0.2) is 24.3 Å². The van der Waals surface area contributed by atoms with Crippen LogP contribution in [0.5, 0.6) is 0 Å². The summed E-state index contributed by atoms with van der Waals surface area (Å²) in [6.07, 6.45) is 0. The molecule has 0 fully saturated rings. The van der Waals surface area contributed by atoms with Gasteiger partial charge in [0.25, 0.3) is 0 Å². The van der Waals surface area contributed by atoms with Gasteiger partial charge in [0.2, 0.25) is 10.0 Å². The van der Waals surface area contributed by atoms with Crippen LogP contribution in [0.25, 0.3) is 0 Å². The minimum atomic E-state index is -3.75. The highest BCUT2D eigenvalue weighted by molar-refractivity contribution is 7.89. The van der Waals surface area contributed by atoms with Crippen molar-refractivity contribution in [3.8, 4) is 0 Å². The van der Waals surface area contributed by atoms with Gasteiger partial charge in [-0.05, 0) is 24.1 Å². The van der Waals surface area contributed by atoms with Crippen LogP contribution in [0.1, 0.15) is 18.1 Å². The Bertz CT molecular complexity index is 741. The van der Waals surface area contributed by atoms with E-state index in [1.807, 2.05) is 30.3 Å². The highest BCUT2D eigenvalue weighted by atomic mass is 35.5. The molecule has 0 amide bonds. The highest BCUT2D eigenvalue weighted by Gasteiger charge is 2.28. The molecule has 0 bridgehead atoms. The van der Waals surface area contributed by atoms with Gasteiger partial charge in [0.15, 0.2) is 5.15 Å². The summed E-state index contributed by atoms with van der Waals surface area (Å²) in [4.78, 5) is 3.86. The van der Waals surface area contributed by atoms with Crippen LogP contribution in [-0.2, 0) is 16.6 Å². The molecule has 2 rings (SSSR count). The van der Waals surface area contributed by atoms with E-state index in [9.17, 15) is 8.42 Å². The van der Waals surface area contributed by atoms with E-state index in [1.165, 1.54) is 10.4 Å². The van der Waals surface area contributed by atoms with Gasteiger partial charge in [0.05, 0.1) is 0 Å². The number of hydrogen-bond acceptors (Lipinski definition) is 3. The van der Waals surface area contributed by atoms with Crippen molar-refractivity contribution in [1.82, 2.24) is 9.29 Å². The molecule has 7 heteroatoms. The number of pyridine rings is 1. The van der Waals surface area contributed by atoms with Crippen LogP contribution in [0.2, 0.25) is 10.3 Å². The zero-order valence-electron chi connectivity index (χ0n) is 12.3. The molecule has 0 atom stereocenters. The summed E-state index contributed by atoms with van der Waals surface area (Å²) in [5.74, 6) is 0. The number of rotatable bonds is 5. The first-order chi connectivity index (χ1) is 10.4. The van der Waals surface area contributed by atoms with Crippen molar-refractivity contribution in [2.24, 2.45) is 0 Å². The molecule has 4 nitrogen and oxygen atoms in total. The minimum absolute atomic E-state index is 0.0105. The molecule has 0 N–H and O–H groups in total. The Morgan fingerprint density at radius 3 is 2.36 bits per heavy atom. The molecule has 0 unspecified atom stereocenters. The first-order valence-electron chi connectivity index (χ1n) is 6.73. The van der Waals surface area contributed by atoms with Crippen molar-refractivity contribution in [2.45, 2.75) is 25.3 Å². The molecule has 0 spiro atoms. The monoisotopic (exact) mass is 358 g/mol. The maximum atomic E-state index is 12.9. The zero-order valence-corrected chi connectivity index (χ0v) is 14.6. The number of sulfonamides is 1. The predicted molar refractivity (Wildman–Crippen MR) is 88.7 cm³/mol. The zero-order chi connectivity index (χ0) is 16.3. The van der Waals surface area contributed by atoms with Crippen LogP contribution in [0, 0.1) is 6.92 Å². The largest absolute Gasteiger partial charge is 0.246 e. The van der Waals surface area contributed by atoms with Crippen molar-refractivity contribution in [3.05, 3.63) is 57.8 Å². The van der Waals surface area contributed by atoms with E-state index in [2.05, 4.69) is 4.98 Å². The minimum Gasteiger partial charge on any atom is -0.223 e. The third-order valence-corrected chi connectivity index (χ3v) is 5.92. The maximum Gasteiger partial charge on any atom is 0.246 e.